The van der Waals surface area contributed by atoms with Crippen LogP contribution >= 0.6 is 11.3 Å². The summed E-state index contributed by atoms with van der Waals surface area (Å²) in [5, 5.41) is 7.33. The van der Waals surface area contributed by atoms with Crippen LogP contribution in [0.15, 0.2) is 5.38 Å². The highest BCUT2D eigenvalue weighted by Gasteiger charge is 2.49. The molecule has 3 rings (SSSR count). The molecule has 0 aliphatic carbocycles. The maximum atomic E-state index is 12.6. The second-order valence-electron chi connectivity index (χ2n) is 5.68. The molecule has 2 aliphatic heterocycles. The third-order valence-electron chi connectivity index (χ3n) is 4.15. The molecule has 4 amide bonds. The Labute approximate surface area is 130 Å². The molecule has 1 atom stereocenters. The van der Waals surface area contributed by atoms with Gasteiger partial charge < -0.3 is 10.2 Å². The van der Waals surface area contributed by atoms with Crippen molar-refractivity contribution in [3.63, 3.8) is 0 Å². The lowest BCUT2D eigenvalue weighted by Crippen LogP contribution is -2.61. The van der Waals surface area contributed by atoms with Crippen molar-refractivity contribution in [1.29, 1.82) is 0 Å². The summed E-state index contributed by atoms with van der Waals surface area (Å²) < 4.78 is 0. The van der Waals surface area contributed by atoms with E-state index >= 15 is 0 Å². The predicted octanol–water partition coefficient (Wildman–Crippen LogP) is 0.858. The van der Waals surface area contributed by atoms with Crippen LogP contribution in [0.3, 0.4) is 0 Å². The van der Waals surface area contributed by atoms with Gasteiger partial charge in [-0.15, -0.1) is 11.3 Å². The fraction of sp³-hybridized carbons (Fsp3) is 0.429. The van der Waals surface area contributed by atoms with Gasteiger partial charge in [-0.05, 0) is 13.3 Å². The molecule has 22 heavy (non-hydrogen) atoms. The third-order valence-corrected chi connectivity index (χ3v) is 5.09. The molecule has 2 N–H and O–H groups in total. The van der Waals surface area contributed by atoms with Crippen LogP contribution < -0.4 is 10.6 Å². The van der Waals surface area contributed by atoms with Gasteiger partial charge in [-0.2, -0.15) is 0 Å². The van der Waals surface area contributed by atoms with Gasteiger partial charge in [-0.25, -0.2) is 0 Å². The summed E-state index contributed by atoms with van der Waals surface area (Å²) in [7, 11) is 0. The van der Waals surface area contributed by atoms with Crippen LogP contribution in [0, 0.1) is 0 Å². The molecule has 1 saturated heterocycles. The first-order valence-electron chi connectivity index (χ1n) is 6.87. The SMILES string of the molecule is CC(=O)Nc1scc2c1CN([C@]1(C)CCC(=O)NC1=O)C2=O. The fourth-order valence-corrected chi connectivity index (χ4v) is 3.81. The number of imide groups is 1. The van der Waals surface area contributed by atoms with E-state index in [1.165, 1.54) is 23.2 Å². The molecular formula is C14H15N3O4S. The zero-order valence-electron chi connectivity index (χ0n) is 12.2. The molecular weight excluding hydrogens is 306 g/mol. The highest BCUT2D eigenvalue weighted by molar-refractivity contribution is 7.15. The molecule has 0 aromatic carbocycles. The Hall–Kier alpha value is -2.22. The Morgan fingerprint density at radius 2 is 2.14 bits per heavy atom. The van der Waals surface area contributed by atoms with E-state index in [4.69, 9.17) is 0 Å². The molecule has 1 fully saturated rings. The number of thiophene rings is 1. The van der Waals surface area contributed by atoms with Crippen LogP contribution in [-0.2, 0) is 20.9 Å². The minimum atomic E-state index is -1.05. The maximum absolute atomic E-state index is 12.6. The third kappa shape index (κ3) is 2.10. The average Bonchev–Trinajstić information content (AvgIpc) is 2.96. The van der Waals surface area contributed by atoms with Crippen molar-refractivity contribution >= 4 is 40.0 Å². The maximum Gasteiger partial charge on any atom is 0.256 e. The average molecular weight is 321 g/mol. The van der Waals surface area contributed by atoms with Gasteiger partial charge in [0.25, 0.3) is 11.8 Å². The molecule has 0 radical (unpaired) electrons. The molecule has 3 heterocycles. The van der Waals surface area contributed by atoms with Crippen LogP contribution in [0.4, 0.5) is 5.00 Å². The predicted molar refractivity (Wildman–Crippen MR) is 79.3 cm³/mol. The van der Waals surface area contributed by atoms with Crippen molar-refractivity contribution in [1.82, 2.24) is 10.2 Å². The molecule has 1 aromatic rings. The lowest BCUT2D eigenvalue weighted by molar-refractivity contribution is -0.142. The number of anilines is 1. The first-order valence-corrected chi connectivity index (χ1v) is 7.75. The van der Waals surface area contributed by atoms with Crippen LogP contribution in [0.5, 0.6) is 0 Å². The van der Waals surface area contributed by atoms with Crippen molar-refractivity contribution in [2.45, 2.75) is 38.8 Å². The topological polar surface area (TPSA) is 95.6 Å². The zero-order valence-corrected chi connectivity index (χ0v) is 13.0. The van der Waals surface area contributed by atoms with E-state index in [0.717, 1.165) is 5.56 Å². The summed E-state index contributed by atoms with van der Waals surface area (Å²) in [6, 6.07) is 0. The monoisotopic (exact) mass is 321 g/mol. The Bertz CT molecular complexity index is 711. The van der Waals surface area contributed by atoms with Crippen molar-refractivity contribution in [2.75, 3.05) is 5.32 Å². The van der Waals surface area contributed by atoms with Gasteiger partial charge >= 0.3 is 0 Å². The minimum Gasteiger partial charge on any atom is -0.320 e. The number of piperidine rings is 1. The van der Waals surface area contributed by atoms with E-state index in [1.807, 2.05) is 0 Å². The summed E-state index contributed by atoms with van der Waals surface area (Å²) >= 11 is 1.30. The summed E-state index contributed by atoms with van der Waals surface area (Å²) in [6.07, 6.45) is 0.504. The van der Waals surface area contributed by atoms with Gasteiger partial charge in [0.05, 0.1) is 12.1 Å². The van der Waals surface area contributed by atoms with E-state index in [1.54, 1.807) is 12.3 Å². The number of carbonyl (C=O) groups is 4. The van der Waals surface area contributed by atoms with E-state index in [9.17, 15) is 19.2 Å². The van der Waals surface area contributed by atoms with E-state index in [-0.39, 0.29) is 30.7 Å². The standard InChI is InChI=1S/C14H15N3O4S/c1-7(18)15-11-8-5-17(12(20)9(8)6-22-11)14(2)4-3-10(19)16-13(14)21/h6H,3-5H2,1-2H3,(H,15,18)(H,16,19,21)/t14-/m1/s1. The molecule has 0 saturated carbocycles. The van der Waals surface area contributed by atoms with Crippen LogP contribution in [0.2, 0.25) is 0 Å². The number of hydrogen-bond donors (Lipinski definition) is 2. The zero-order chi connectivity index (χ0) is 16.1. The normalized spacial score (nSPS) is 24.3. The number of hydrogen-bond acceptors (Lipinski definition) is 5. The Balaban J connectivity index is 1.90. The number of nitrogens with zero attached hydrogens (tertiary/aromatic N) is 1. The molecule has 0 bridgehead atoms. The number of carbonyl (C=O) groups excluding carboxylic acids is 4. The molecule has 116 valence electrons. The second kappa shape index (κ2) is 4.91. The summed E-state index contributed by atoms with van der Waals surface area (Å²) in [6.45, 7) is 3.33. The van der Waals surface area contributed by atoms with E-state index in [0.29, 0.717) is 17.0 Å². The molecule has 7 nitrogen and oxygen atoms in total. The Morgan fingerprint density at radius 3 is 2.77 bits per heavy atom. The number of rotatable bonds is 2. The highest BCUT2D eigenvalue weighted by Crippen LogP contribution is 2.40. The van der Waals surface area contributed by atoms with Crippen molar-refractivity contribution in [2.24, 2.45) is 0 Å². The fourth-order valence-electron chi connectivity index (χ4n) is 2.81. The quantitative estimate of drug-likeness (QED) is 0.790. The molecule has 0 unspecified atom stereocenters. The van der Waals surface area contributed by atoms with Gasteiger partial charge in [0, 0.05) is 24.3 Å². The lowest BCUT2D eigenvalue weighted by atomic mass is 9.89. The summed E-state index contributed by atoms with van der Waals surface area (Å²) in [5.41, 5.74) is 0.200. The smallest absolute Gasteiger partial charge is 0.256 e. The Kier molecular flexibility index (Phi) is 3.28. The second-order valence-corrected chi connectivity index (χ2v) is 6.56. The highest BCUT2D eigenvalue weighted by atomic mass is 32.1. The first-order chi connectivity index (χ1) is 10.3. The number of fused-ring (bicyclic) bond motifs is 1. The van der Waals surface area contributed by atoms with Gasteiger partial charge in [-0.1, -0.05) is 0 Å². The molecule has 2 aliphatic rings. The van der Waals surface area contributed by atoms with Crippen molar-refractivity contribution < 1.29 is 19.2 Å². The van der Waals surface area contributed by atoms with Crippen LogP contribution in [-0.4, -0.2) is 34.1 Å². The van der Waals surface area contributed by atoms with Crippen LogP contribution in [0.25, 0.3) is 0 Å². The van der Waals surface area contributed by atoms with Crippen molar-refractivity contribution in [3.8, 4) is 0 Å². The molecule has 0 spiro atoms. The van der Waals surface area contributed by atoms with Gasteiger partial charge in [0.15, 0.2) is 0 Å². The minimum absolute atomic E-state index is 0.206. The summed E-state index contributed by atoms with van der Waals surface area (Å²) in [5.74, 6) is -1.22. The van der Waals surface area contributed by atoms with Gasteiger partial charge in [0.1, 0.15) is 10.5 Å². The summed E-state index contributed by atoms with van der Waals surface area (Å²) in [4.78, 5) is 48.8. The van der Waals surface area contributed by atoms with Crippen molar-refractivity contribution in [3.05, 3.63) is 16.5 Å². The number of amides is 4. The number of nitrogens with one attached hydrogen (secondary N) is 2. The van der Waals surface area contributed by atoms with E-state index in [2.05, 4.69) is 10.6 Å². The lowest BCUT2D eigenvalue weighted by Gasteiger charge is -2.39. The molecule has 8 heteroatoms. The van der Waals surface area contributed by atoms with Gasteiger partial charge in [-0.3, -0.25) is 24.5 Å². The van der Waals surface area contributed by atoms with Gasteiger partial charge in [0.2, 0.25) is 11.8 Å². The van der Waals surface area contributed by atoms with E-state index < -0.39 is 11.4 Å². The molecule has 1 aromatic heterocycles. The first kappa shape index (κ1) is 14.7. The Morgan fingerprint density at radius 1 is 1.41 bits per heavy atom. The van der Waals surface area contributed by atoms with Crippen LogP contribution in [0.1, 0.15) is 42.6 Å². The largest absolute Gasteiger partial charge is 0.320 e.